The number of piperidine rings is 1. The van der Waals surface area contributed by atoms with Gasteiger partial charge in [-0.2, -0.15) is 13.2 Å². The number of hydrogen-bond donors (Lipinski definition) is 0. The Hall–Kier alpha value is -1.64. The number of anilines is 1. The Bertz CT molecular complexity index is 756. The molecule has 3 heterocycles. The molecule has 0 radical (unpaired) electrons. The van der Waals surface area contributed by atoms with Gasteiger partial charge in [-0.05, 0) is 49.8 Å². The number of amides is 1. The zero-order valence-corrected chi connectivity index (χ0v) is 16.6. The standard InChI is InChI=1S/C21H27F3N2O3/c1-28-18(25-10-4-2-5-11-25)15-7-8-17-16(13-15)20(9-3-6-12-29-20)19(27)26(17)14-21(22,23)24/h7-8,13,18H,2-6,9-12,14H2,1H3. The molecule has 5 nitrogen and oxygen atoms in total. The van der Waals surface area contributed by atoms with Gasteiger partial charge in [-0.3, -0.25) is 9.69 Å². The normalized spacial score (nSPS) is 26.8. The molecule has 1 aromatic rings. The van der Waals surface area contributed by atoms with E-state index < -0.39 is 24.2 Å². The SMILES string of the molecule is COC(c1ccc2c(c1)C1(CCCCO1)C(=O)N2CC(F)(F)F)N1CCCCC1. The average molecular weight is 412 g/mol. The molecule has 0 N–H and O–H groups in total. The monoisotopic (exact) mass is 412 g/mol. The van der Waals surface area contributed by atoms with Crippen LogP contribution in [0.4, 0.5) is 18.9 Å². The van der Waals surface area contributed by atoms with E-state index in [2.05, 4.69) is 4.90 Å². The van der Waals surface area contributed by atoms with Crippen LogP contribution in [0.5, 0.6) is 0 Å². The topological polar surface area (TPSA) is 42.0 Å². The van der Waals surface area contributed by atoms with Gasteiger partial charge in [0.2, 0.25) is 0 Å². The van der Waals surface area contributed by atoms with E-state index in [1.165, 1.54) is 6.42 Å². The maximum atomic E-state index is 13.2. The summed E-state index contributed by atoms with van der Waals surface area (Å²) >= 11 is 0. The minimum Gasteiger partial charge on any atom is -0.362 e. The molecule has 160 valence electrons. The number of hydrogen-bond acceptors (Lipinski definition) is 4. The predicted molar refractivity (Wildman–Crippen MR) is 102 cm³/mol. The Balaban J connectivity index is 1.74. The van der Waals surface area contributed by atoms with E-state index in [-0.39, 0.29) is 6.23 Å². The highest BCUT2D eigenvalue weighted by atomic mass is 19.4. The molecule has 29 heavy (non-hydrogen) atoms. The van der Waals surface area contributed by atoms with Gasteiger partial charge in [-0.25, -0.2) is 0 Å². The number of ether oxygens (including phenoxy) is 2. The van der Waals surface area contributed by atoms with Crippen molar-refractivity contribution in [1.29, 1.82) is 0 Å². The van der Waals surface area contributed by atoms with E-state index >= 15 is 0 Å². The van der Waals surface area contributed by atoms with E-state index in [9.17, 15) is 18.0 Å². The Kier molecular flexibility index (Phi) is 5.61. The summed E-state index contributed by atoms with van der Waals surface area (Å²) in [7, 11) is 1.64. The average Bonchev–Trinajstić information content (AvgIpc) is 2.91. The van der Waals surface area contributed by atoms with Crippen molar-refractivity contribution in [3.63, 3.8) is 0 Å². The third kappa shape index (κ3) is 3.78. The molecule has 3 aliphatic heterocycles. The van der Waals surface area contributed by atoms with Crippen LogP contribution in [0.2, 0.25) is 0 Å². The van der Waals surface area contributed by atoms with Crippen molar-refractivity contribution in [3.05, 3.63) is 29.3 Å². The summed E-state index contributed by atoms with van der Waals surface area (Å²) in [5.74, 6) is -0.603. The highest BCUT2D eigenvalue weighted by Crippen LogP contribution is 2.49. The van der Waals surface area contributed by atoms with Gasteiger partial charge in [0.1, 0.15) is 12.8 Å². The van der Waals surface area contributed by atoms with Gasteiger partial charge < -0.3 is 14.4 Å². The van der Waals surface area contributed by atoms with Gasteiger partial charge in [0.15, 0.2) is 5.60 Å². The lowest BCUT2D eigenvalue weighted by Gasteiger charge is -2.35. The highest BCUT2D eigenvalue weighted by molar-refractivity contribution is 6.07. The molecule has 2 fully saturated rings. The number of likely N-dealkylation sites (tertiary alicyclic amines) is 1. The van der Waals surface area contributed by atoms with Crippen LogP contribution >= 0.6 is 0 Å². The molecular formula is C21H27F3N2O3. The second kappa shape index (κ2) is 7.89. The van der Waals surface area contributed by atoms with Crippen molar-refractivity contribution in [1.82, 2.24) is 4.90 Å². The first kappa shape index (κ1) is 20.6. The molecular weight excluding hydrogens is 385 g/mol. The number of carbonyl (C=O) groups is 1. The summed E-state index contributed by atoms with van der Waals surface area (Å²) in [5.41, 5.74) is 0.382. The first-order valence-electron chi connectivity index (χ1n) is 10.3. The van der Waals surface area contributed by atoms with E-state index in [4.69, 9.17) is 9.47 Å². The Labute approximate surface area is 168 Å². The van der Waals surface area contributed by atoms with Crippen molar-refractivity contribution >= 4 is 11.6 Å². The lowest BCUT2D eigenvalue weighted by Crippen LogP contribution is -2.47. The van der Waals surface area contributed by atoms with Gasteiger partial charge in [-0.1, -0.05) is 12.5 Å². The first-order chi connectivity index (χ1) is 13.9. The van der Waals surface area contributed by atoms with Gasteiger partial charge in [0, 0.05) is 32.4 Å². The number of halogens is 3. The third-order valence-electron chi connectivity index (χ3n) is 6.18. The van der Waals surface area contributed by atoms with Crippen molar-refractivity contribution in [2.75, 3.05) is 38.3 Å². The van der Waals surface area contributed by atoms with Gasteiger partial charge in [0.25, 0.3) is 5.91 Å². The van der Waals surface area contributed by atoms with Gasteiger partial charge >= 0.3 is 6.18 Å². The van der Waals surface area contributed by atoms with E-state index in [1.54, 1.807) is 19.2 Å². The summed E-state index contributed by atoms with van der Waals surface area (Å²) in [6.45, 7) is 0.894. The molecule has 0 aliphatic carbocycles. The molecule has 8 heteroatoms. The summed E-state index contributed by atoms with van der Waals surface area (Å²) in [5, 5.41) is 0. The summed E-state index contributed by atoms with van der Waals surface area (Å²) < 4.78 is 51.2. The fraction of sp³-hybridized carbons (Fsp3) is 0.667. The van der Waals surface area contributed by atoms with Crippen LogP contribution in [0.1, 0.15) is 55.9 Å². The molecule has 1 spiro atoms. The van der Waals surface area contributed by atoms with E-state index in [0.717, 1.165) is 49.2 Å². The highest BCUT2D eigenvalue weighted by Gasteiger charge is 2.55. The molecule has 1 amide bonds. The fourth-order valence-electron chi connectivity index (χ4n) is 4.87. The van der Waals surface area contributed by atoms with Gasteiger partial charge in [0.05, 0.1) is 5.69 Å². The van der Waals surface area contributed by atoms with E-state index in [1.807, 2.05) is 6.07 Å². The van der Waals surface area contributed by atoms with Crippen molar-refractivity contribution in [2.45, 2.75) is 56.5 Å². The lowest BCUT2D eigenvalue weighted by atomic mass is 9.86. The number of nitrogens with zero attached hydrogens (tertiary/aromatic N) is 2. The van der Waals surface area contributed by atoms with Crippen LogP contribution in [0.25, 0.3) is 0 Å². The second-order valence-corrected chi connectivity index (χ2v) is 8.10. The van der Waals surface area contributed by atoms with Crippen molar-refractivity contribution < 1.29 is 27.4 Å². The molecule has 2 saturated heterocycles. The molecule has 0 saturated carbocycles. The molecule has 2 atom stereocenters. The molecule has 0 aromatic heterocycles. The Morgan fingerprint density at radius 3 is 2.55 bits per heavy atom. The smallest absolute Gasteiger partial charge is 0.362 e. The Morgan fingerprint density at radius 2 is 1.93 bits per heavy atom. The second-order valence-electron chi connectivity index (χ2n) is 8.10. The van der Waals surface area contributed by atoms with Crippen LogP contribution < -0.4 is 4.90 Å². The summed E-state index contributed by atoms with van der Waals surface area (Å²) in [4.78, 5) is 16.2. The zero-order valence-electron chi connectivity index (χ0n) is 16.6. The lowest BCUT2D eigenvalue weighted by molar-refractivity contribution is -0.155. The van der Waals surface area contributed by atoms with Crippen molar-refractivity contribution in [3.8, 4) is 0 Å². The minimum absolute atomic E-state index is 0.284. The number of alkyl halides is 3. The third-order valence-corrected chi connectivity index (χ3v) is 6.18. The molecule has 4 rings (SSSR count). The van der Waals surface area contributed by atoms with Crippen LogP contribution in [-0.4, -0.2) is 50.3 Å². The van der Waals surface area contributed by atoms with E-state index in [0.29, 0.717) is 24.3 Å². The van der Waals surface area contributed by atoms with Crippen LogP contribution in [0.15, 0.2) is 18.2 Å². The zero-order chi connectivity index (χ0) is 20.6. The minimum atomic E-state index is -4.48. The largest absolute Gasteiger partial charge is 0.406 e. The molecule has 3 aliphatic rings. The van der Waals surface area contributed by atoms with Crippen LogP contribution in [0.3, 0.4) is 0 Å². The molecule has 2 unspecified atom stereocenters. The quantitative estimate of drug-likeness (QED) is 0.746. The number of carbonyl (C=O) groups excluding carboxylic acids is 1. The molecule has 1 aromatic carbocycles. The maximum absolute atomic E-state index is 13.2. The number of rotatable bonds is 4. The number of methoxy groups -OCH3 is 1. The predicted octanol–water partition coefficient (Wildman–Crippen LogP) is 4.12. The van der Waals surface area contributed by atoms with Crippen LogP contribution in [0, 0.1) is 0 Å². The van der Waals surface area contributed by atoms with Crippen LogP contribution in [-0.2, 0) is 19.9 Å². The maximum Gasteiger partial charge on any atom is 0.406 e. The van der Waals surface area contributed by atoms with Crippen molar-refractivity contribution in [2.24, 2.45) is 0 Å². The first-order valence-corrected chi connectivity index (χ1v) is 10.3. The Morgan fingerprint density at radius 1 is 1.17 bits per heavy atom. The number of benzene rings is 1. The summed E-state index contributed by atoms with van der Waals surface area (Å²) in [6, 6.07) is 5.23. The fourth-order valence-corrected chi connectivity index (χ4v) is 4.87. The molecule has 0 bridgehead atoms. The number of fused-ring (bicyclic) bond motifs is 2. The van der Waals surface area contributed by atoms with Gasteiger partial charge in [-0.15, -0.1) is 0 Å². The summed E-state index contributed by atoms with van der Waals surface area (Å²) in [6.07, 6.45) is 0.563.